The molecular weight excluding hydrogens is 490 g/mol. The second-order valence-electron chi connectivity index (χ2n) is 10.0. The number of carbonyl (C=O) groups excluding carboxylic acids is 1. The SMILES string of the molecule is COC(=O)c1ccc(Cn2c3ccccc3c(=O)c3cc4[nH]c5ccccc5c(=O)c4cc32)cc1.C[NH+](C)C. The Morgan fingerprint density at radius 2 is 1.36 bits per heavy atom. The molecule has 7 nitrogen and oxygen atoms in total. The van der Waals surface area contributed by atoms with E-state index in [4.69, 9.17) is 4.74 Å². The maximum Gasteiger partial charge on any atom is 0.337 e. The van der Waals surface area contributed by atoms with Gasteiger partial charge in [0.15, 0.2) is 10.9 Å². The van der Waals surface area contributed by atoms with E-state index in [2.05, 4.69) is 26.1 Å². The van der Waals surface area contributed by atoms with Crippen molar-refractivity contribution in [1.29, 1.82) is 0 Å². The van der Waals surface area contributed by atoms with Crippen LogP contribution in [0.4, 0.5) is 0 Å². The Labute approximate surface area is 224 Å². The Kier molecular flexibility index (Phi) is 7.00. The molecule has 0 aliphatic carbocycles. The lowest BCUT2D eigenvalue weighted by molar-refractivity contribution is -0.836. The number of nitrogens with one attached hydrogen (secondary N) is 2. The minimum atomic E-state index is -0.395. The lowest BCUT2D eigenvalue weighted by Gasteiger charge is -2.16. The van der Waals surface area contributed by atoms with Gasteiger partial charge in [-0.15, -0.1) is 0 Å². The monoisotopic (exact) mass is 520 g/mol. The zero-order valence-electron chi connectivity index (χ0n) is 22.4. The highest BCUT2D eigenvalue weighted by molar-refractivity contribution is 6.03. The highest BCUT2D eigenvalue weighted by atomic mass is 16.5. The number of hydrogen-bond donors (Lipinski definition) is 2. The molecule has 6 rings (SSSR count). The van der Waals surface area contributed by atoms with Crippen LogP contribution in [0, 0.1) is 0 Å². The average molecular weight is 521 g/mol. The number of methoxy groups -OCH3 is 1. The van der Waals surface area contributed by atoms with Crippen molar-refractivity contribution in [3.8, 4) is 0 Å². The van der Waals surface area contributed by atoms with Gasteiger partial charge in [-0.2, -0.15) is 0 Å². The lowest BCUT2D eigenvalue weighted by atomic mass is 10.0. The van der Waals surface area contributed by atoms with Crippen LogP contribution in [0.15, 0.2) is 94.5 Å². The van der Waals surface area contributed by atoms with Gasteiger partial charge in [0.1, 0.15) is 0 Å². The molecule has 39 heavy (non-hydrogen) atoms. The number of fused-ring (bicyclic) bond motifs is 4. The van der Waals surface area contributed by atoms with Crippen molar-refractivity contribution in [2.75, 3.05) is 28.3 Å². The molecule has 0 spiro atoms. The highest BCUT2D eigenvalue weighted by Crippen LogP contribution is 2.25. The summed E-state index contributed by atoms with van der Waals surface area (Å²) < 4.78 is 6.84. The molecule has 196 valence electrons. The molecule has 0 amide bonds. The van der Waals surface area contributed by atoms with E-state index in [1.54, 1.807) is 24.3 Å². The van der Waals surface area contributed by atoms with E-state index in [9.17, 15) is 14.4 Å². The standard InChI is InChI=1S/C29H20N2O4.C3H9N/c1-35-29(34)18-12-10-17(11-13-18)16-31-25-9-5-3-7-20(25)28(33)22-14-24-21(15-26(22)31)27(32)19-6-2-4-8-23(19)30-24;1-4(2)3/h2-15H,16H2,1H3,(H,30,32);1-3H3/p+1. The smallest absolute Gasteiger partial charge is 0.337 e. The predicted octanol–water partition coefficient (Wildman–Crippen LogP) is 3.75. The summed E-state index contributed by atoms with van der Waals surface area (Å²) in [6.07, 6.45) is 0. The number of H-pyrrole nitrogens is 1. The van der Waals surface area contributed by atoms with Gasteiger partial charge >= 0.3 is 5.97 Å². The van der Waals surface area contributed by atoms with Gasteiger partial charge in [0, 0.05) is 33.6 Å². The molecule has 4 aromatic carbocycles. The van der Waals surface area contributed by atoms with Crippen LogP contribution in [0.25, 0.3) is 43.6 Å². The fourth-order valence-corrected chi connectivity index (χ4v) is 4.76. The first-order valence-electron chi connectivity index (χ1n) is 12.7. The van der Waals surface area contributed by atoms with Crippen molar-refractivity contribution in [1.82, 2.24) is 9.55 Å². The van der Waals surface area contributed by atoms with E-state index in [0.29, 0.717) is 44.7 Å². The molecule has 7 heteroatoms. The summed E-state index contributed by atoms with van der Waals surface area (Å²) in [6, 6.07) is 25.6. The van der Waals surface area contributed by atoms with Crippen molar-refractivity contribution < 1.29 is 14.4 Å². The summed E-state index contributed by atoms with van der Waals surface area (Å²) in [5, 5.41) is 2.27. The number of pyridine rings is 2. The van der Waals surface area contributed by atoms with Gasteiger partial charge in [0.05, 0.1) is 50.4 Å². The first-order chi connectivity index (χ1) is 18.8. The largest absolute Gasteiger partial charge is 0.465 e. The van der Waals surface area contributed by atoms with Crippen molar-refractivity contribution in [3.63, 3.8) is 0 Å². The van der Waals surface area contributed by atoms with Crippen LogP contribution in [0.2, 0.25) is 0 Å². The molecule has 2 N–H and O–H groups in total. The van der Waals surface area contributed by atoms with Gasteiger partial charge in [-0.3, -0.25) is 9.59 Å². The molecule has 0 atom stereocenters. The number of aromatic nitrogens is 2. The number of ether oxygens (including phenoxy) is 1. The van der Waals surface area contributed by atoms with E-state index in [0.717, 1.165) is 16.6 Å². The molecule has 0 radical (unpaired) electrons. The Balaban J connectivity index is 0.000000723. The Bertz CT molecular complexity index is 1970. The number of quaternary nitrogens is 1. The Morgan fingerprint density at radius 3 is 2.05 bits per heavy atom. The third-order valence-electron chi connectivity index (χ3n) is 6.51. The number of benzene rings is 4. The summed E-state index contributed by atoms with van der Waals surface area (Å²) in [4.78, 5) is 43.4. The van der Waals surface area contributed by atoms with Gasteiger partial charge in [-0.05, 0) is 54.1 Å². The molecule has 0 aliphatic rings. The van der Waals surface area contributed by atoms with Gasteiger partial charge in [0.2, 0.25) is 0 Å². The van der Waals surface area contributed by atoms with Crippen molar-refractivity contribution >= 4 is 49.6 Å². The summed E-state index contributed by atoms with van der Waals surface area (Å²) in [7, 11) is 7.60. The molecule has 2 heterocycles. The third-order valence-corrected chi connectivity index (χ3v) is 6.51. The molecule has 0 saturated carbocycles. The van der Waals surface area contributed by atoms with Gasteiger partial charge in [0.25, 0.3) is 0 Å². The second-order valence-corrected chi connectivity index (χ2v) is 10.0. The summed E-state index contributed by atoms with van der Waals surface area (Å²) in [6.45, 7) is 0.454. The first kappa shape index (κ1) is 25.9. The zero-order chi connectivity index (χ0) is 27.7. The second kappa shape index (κ2) is 10.6. The minimum absolute atomic E-state index is 0.0779. The van der Waals surface area contributed by atoms with E-state index >= 15 is 0 Å². The van der Waals surface area contributed by atoms with Crippen LogP contribution in [0.5, 0.6) is 0 Å². The fourth-order valence-electron chi connectivity index (χ4n) is 4.76. The zero-order valence-corrected chi connectivity index (χ0v) is 22.4. The number of para-hydroxylation sites is 2. The molecular formula is C32H30N3O4+. The van der Waals surface area contributed by atoms with Crippen LogP contribution < -0.4 is 15.8 Å². The van der Waals surface area contributed by atoms with E-state index in [-0.39, 0.29) is 10.9 Å². The molecule has 0 saturated heterocycles. The number of aromatic amines is 1. The lowest BCUT2D eigenvalue weighted by Crippen LogP contribution is -3.02. The van der Waals surface area contributed by atoms with Crippen LogP contribution in [0.1, 0.15) is 15.9 Å². The van der Waals surface area contributed by atoms with Crippen LogP contribution in [0.3, 0.4) is 0 Å². The summed E-state index contributed by atoms with van der Waals surface area (Å²) >= 11 is 0. The normalized spacial score (nSPS) is 11.2. The van der Waals surface area contributed by atoms with E-state index < -0.39 is 5.97 Å². The molecule has 2 aromatic heterocycles. The van der Waals surface area contributed by atoms with Crippen LogP contribution in [-0.4, -0.2) is 43.8 Å². The quantitative estimate of drug-likeness (QED) is 0.275. The van der Waals surface area contributed by atoms with Crippen molar-refractivity contribution in [2.45, 2.75) is 6.54 Å². The minimum Gasteiger partial charge on any atom is -0.465 e. The van der Waals surface area contributed by atoms with Gasteiger partial charge < -0.3 is 19.2 Å². The molecule has 0 unspecified atom stereocenters. The number of carbonyl (C=O) groups is 1. The third kappa shape index (κ3) is 4.92. The maximum absolute atomic E-state index is 13.5. The number of hydrogen-bond acceptors (Lipinski definition) is 4. The van der Waals surface area contributed by atoms with E-state index in [1.165, 1.54) is 12.0 Å². The van der Waals surface area contributed by atoms with E-state index in [1.807, 2.05) is 65.2 Å². The van der Waals surface area contributed by atoms with Crippen molar-refractivity contribution in [3.05, 3.63) is 117 Å². The first-order valence-corrected chi connectivity index (χ1v) is 12.7. The molecule has 0 fully saturated rings. The highest BCUT2D eigenvalue weighted by Gasteiger charge is 2.15. The van der Waals surface area contributed by atoms with Crippen molar-refractivity contribution in [2.24, 2.45) is 0 Å². The average Bonchev–Trinajstić information content (AvgIpc) is 2.94. The molecule has 0 aliphatic heterocycles. The predicted molar refractivity (Wildman–Crippen MR) is 157 cm³/mol. The topological polar surface area (TPSA) is 85.6 Å². The Morgan fingerprint density at radius 1 is 0.744 bits per heavy atom. The fraction of sp³-hybridized carbons (Fsp3) is 0.156. The Hall–Kier alpha value is -4.75. The molecule has 6 aromatic rings. The van der Waals surface area contributed by atoms with Gasteiger partial charge in [-0.1, -0.05) is 36.4 Å². The number of esters is 1. The number of rotatable bonds is 3. The van der Waals surface area contributed by atoms with Crippen LogP contribution in [-0.2, 0) is 11.3 Å². The maximum atomic E-state index is 13.5. The summed E-state index contributed by atoms with van der Waals surface area (Å²) in [5.74, 6) is -0.395. The summed E-state index contributed by atoms with van der Waals surface area (Å²) in [5.41, 5.74) is 4.07. The van der Waals surface area contributed by atoms with Gasteiger partial charge in [-0.25, -0.2) is 4.79 Å². The molecule has 0 bridgehead atoms. The van der Waals surface area contributed by atoms with Crippen LogP contribution >= 0.6 is 0 Å². The number of nitrogens with zero attached hydrogens (tertiary/aromatic N) is 1.